The van der Waals surface area contributed by atoms with Crippen LogP contribution >= 0.6 is 0 Å². The van der Waals surface area contributed by atoms with Gasteiger partial charge in [-0.3, -0.25) is 15.1 Å². The smallest absolute Gasteiger partial charge is 0.237 e. The molecule has 1 amide bonds. The van der Waals surface area contributed by atoms with Gasteiger partial charge in [0, 0.05) is 30.6 Å². The van der Waals surface area contributed by atoms with E-state index in [1.807, 2.05) is 0 Å². The van der Waals surface area contributed by atoms with E-state index in [0.29, 0.717) is 17.8 Å². The summed E-state index contributed by atoms with van der Waals surface area (Å²) in [6.45, 7) is 1.08. The second kappa shape index (κ2) is 10.2. The van der Waals surface area contributed by atoms with Crippen LogP contribution in [0, 0.1) is 35.0 Å². The minimum atomic E-state index is -0.00664. The average Bonchev–Trinajstić information content (AvgIpc) is 3.17. The first-order chi connectivity index (χ1) is 16.0. The van der Waals surface area contributed by atoms with Crippen LogP contribution in [-0.2, 0) is 4.79 Å². The number of carbonyl (C=O) groups excluding carboxylic acids is 1. The Morgan fingerprint density at radius 1 is 0.879 bits per heavy atom. The minimum absolute atomic E-state index is 0.00664. The molecule has 6 heteroatoms. The van der Waals surface area contributed by atoms with Crippen molar-refractivity contribution in [3.63, 3.8) is 0 Å². The van der Waals surface area contributed by atoms with E-state index in [1.54, 1.807) is 0 Å². The van der Waals surface area contributed by atoms with Crippen molar-refractivity contribution in [2.75, 3.05) is 6.54 Å². The molecule has 4 saturated carbocycles. The number of carbonyl (C=O) groups is 1. The molecule has 5 aliphatic rings. The second-order valence-corrected chi connectivity index (χ2v) is 12.3. The number of likely N-dealkylation sites (tertiary alicyclic amines) is 1. The molecule has 0 aromatic rings. The normalized spacial score (nSPS) is 44.0. The Bertz CT molecular complexity index is 711. The van der Waals surface area contributed by atoms with Crippen LogP contribution in [0.1, 0.15) is 96.3 Å². The van der Waals surface area contributed by atoms with E-state index in [-0.39, 0.29) is 30.0 Å². The first-order valence-electron chi connectivity index (χ1n) is 14.1. The van der Waals surface area contributed by atoms with Crippen molar-refractivity contribution in [1.29, 1.82) is 5.41 Å². The highest BCUT2D eigenvalue weighted by atomic mass is 16.2. The number of nitrogens with one attached hydrogen (secondary N) is 2. The summed E-state index contributed by atoms with van der Waals surface area (Å²) in [6, 6.07) is 0.884. The van der Waals surface area contributed by atoms with Gasteiger partial charge in [0.1, 0.15) is 0 Å². The van der Waals surface area contributed by atoms with Gasteiger partial charge >= 0.3 is 0 Å². The summed E-state index contributed by atoms with van der Waals surface area (Å²) in [6.07, 6.45) is 18.0. The molecule has 1 saturated heterocycles. The van der Waals surface area contributed by atoms with Crippen LogP contribution in [0.15, 0.2) is 0 Å². The number of nitrogens with two attached hydrogens (primary N) is 2. The number of fused-ring (bicyclic) bond motifs is 2. The Morgan fingerprint density at radius 2 is 1.67 bits per heavy atom. The summed E-state index contributed by atoms with van der Waals surface area (Å²) >= 11 is 0. The molecule has 5 fully saturated rings. The van der Waals surface area contributed by atoms with Crippen molar-refractivity contribution in [2.24, 2.45) is 41.1 Å². The summed E-state index contributed by atoms with van der Waals surface area (Å²) in [5, 5.41) is 11.5. The van der Waals surface area contributed by atoms with Gasteiger partial charge < -0.3 is 16.8 Å². The van der Waals surface area contributed by atoms with E-state index in [1.165, 1.54) is 44.9 Å². The van der Waals surface area contributed by atoms with Crippen molar-refractivity contribution in [1.82, 2.24) is 10.2 Å². The predicted octanol–water partition coefficient (Wildman–Crippen LogP) is 3.77. The molecule has 0 aromatic heterocycles. The minimum Gasteiger partial charge on any atom is -0.387 e. The highest BCUT2D eigenvalue weighted by Gasteiger charge is 2.49. The van der Waals surface area contributed by atoms with E-state index in [2.05, 4.69) is 10.2 Å². The van der Waals surface area contributed by atoms with Crippen molar-refractivity contribution < 1.29 is 4.79 Å². The van der Waals surface area contributed by atoms with Crippen LogP contribution in [0.5, 0.6) is 0 Å². The average molecular weight is 458 g/mol. The largest absolute Gasteiger partial charge is 0.387 e. The molecule has 33 heavy (non-hydrogen) atoms. The lowest BCUT2D eigenvalue weighted by Crippen LogP contribution is -2.53. The Morgan fingerprint density at radius 3 is 2.48 bits per heavy atom. The molecule has 5 rings (SSSR count). The summed E-state index contributed by atoms with van der Waals surface area (Å²) in [5.41, 5.74) is 12.2. The van der Waals surface area contributed by atoms with Crippen LogP contribution in [0.25, 0.3) is 0 Å². The standard InChI is InChI=1S/C27H47N5O/c28-21-8-4-9-22(15-21)31-27(33)25-13-18-11-12-19(26(29)30)14-24(18)32(25)16-20-7-3-6-17-5-1-2-10-23(17)20/h17-25H,1-16,28H2,(H3,29,30)(H,31,33). The molecule has 186 valence electrons. The third-order valence-corrected chi connectivity index (χ3v) is 10.3. The third kappa shape index (κ3) is 5.12. The topological polar surface area (TPSA) is 108 Å². The molecule has 9 unspecified atom stereocenters. The number of amidine groups is 1. The van der Waals surface area contributed by atoms with Crippen molar-refractivity contribution in [3.8, 4) is 0 Å². The van der Waals surface area contributed by atoms with Crippen molar-refractivity contribution in [2.45, 2.75) is 120 Å². The fourth-order valence-corrected chi connectivity index (χ4v) is 8.57. The SMILES string of the molecule is N=C(N)C1CCC2CC(C(=O)NC3CCCC(N)C3)N(CC3CCCC4CCCCC43)C2C1. The lowest BCUT2D eigenvalue weighted by molar-refractivity contribution is -0.127. The van der Waals surface area contributed by atoms with Crippen molar-refractivity contribution in [3.05, 3.63) is 0 Å². The highest BCUT2D eigenvalue weighted by molar-refractivity contribution is 5.83. The molecule has 1 aliphatic heterocycles. The zero-order valence-corrected chi connectivity index (χ0v) is 20.5. The monoisotopic (exact) mass is 457 g/mol. The van der Waals surface area contributed by atoms with Gasteiger partial charge in [-0.25, -0.2) is 0 Å². The lowest BCUT2D eigenvalue weighted by atomic mass is 9.65. The lowest BCUT2D eigenvalue weighted by Gasteiger charge is -2.45. The van der Waals surface area contributed by atoms with Gasteiger partial charge in [-0.05, 0) is 87.9 Å². The molecule has 0 radical (unpaired) electrons. The second-order valence-electron chi connectivity index (χ2n) is 12.3. The zero-order valence-electron chi connectivity index (χ0n) is 20.5. The zero-order chi connectivity index (χ0) is 22.9. The summed E-state index contributed by atoms with van der Waals surface area (Å²) in [7, 11) is 0. The number of hydrogen-bond acceptors (Lipinski definition) is 4. The molecule has 1 heterocycles. The van der Waals surface area contributed by atoms with E-state index in [4.69, 9.17) is 16.9 Å². The molecule has 9 atom stereocenters. The number of nitrogens with zero attached hydrogens (tertiary/aromatic N) is 1. The Balaban J connectivity index is 1.32. The highest BCUT2D eigenvalue weighted by Crippen LogP contribution is 2.47. The number of amides is 1. The fourth-order valence-electron chi connectivity index (χ4n) is 8.57. The first-order valence-corrected chi connectivity index (χ1v) is 14.1. The van der Waals surface area contributed by atoms with Gasteiger partial charge in [-0.2, -0.15) is 0 Å². The van der Waals surface area contributed by atoms with Crippen LogP contribution in [0.3, 0.4) is 0 Å². The molecule has 0 bridgehead atoms. The van der Waals surface area contributed by atoms with Gasteiger partial charge in [0.05, 0.1) is 11.9 Å². The Hall–Kier alpha value is -1.14. The summed E-state index contributed by atoms with van der Waals surface area (Å²) in [5.74, 6) is 3.89. The quantitative estimate of drug-likeness (QED) is 0.372. The van der Waals surface area contributed by atoms with Crippen LogP contribution < -0.4 is 16.8 Å². The van der Waals surface area contributed by atoms with Gasteiger partial charge in [0.25, 0.3) is 0 Å². The predicted molar refractivity (Wildman–Crippen MR) is 133 cm³/mol. The van der Waals surface area contributed by atoms with E-state index in [0.717, 1.165) is 75.7 Å². The molecular weight excluding hydrogens is 410 g/mol. The maximum absolute atomic E-state index is 13.7. The Kier molecular flexibility index (Phi) is 7.31. The van der Waals surface area contributed by atoms with E-state index >= 15 is 0 Å². The fraction of sp³-hybridized carbons (Fsp3) is 0.926. The van der Waals surface area contributed by atoms with Gasteiger partial charge in [0.2, 0.25) is 5.91 Å². The molecule has 0 spiro atoms. The molecule has 4 aliphatic carbocycles. The molecule has 0 aromatic carbocycles. The molecular formula is C27H47N5O. The number of rotatable bonds is 5. The van der Waals surface area contributed by atoms with Gasteiger partial charge in [-0.15, -0.1) is 0 Å². The van der Waals surface area contributed by atoms with Crippen LogP contribution in [0.2, 0.25) is 0 Å². The maximum atomic E-state index is 13.7. The molecule has 6 nitrogen and oxygen atoms in total. The van der Waals surface area contributed by atoms with E-state index in [9.17, 15) is 4.79 Å². The Labute approximate surface area is 200 Å². The van der Waals surface area contributed by atoms with Gasteiger partial charge in [0.15, 0.2) is 0 Å². The van der Waals surface area contributed by atoms with E-state index < -0.39 is 0 Å². The van der Waals surface area contributed by atoms with Crippen molar-refractivity contribution >= 4 is 11.7 Å². The summed E-state index contributed by atoms with van der Waals surface area (Å²) < 4.78 is 0. The summed E-state index contributed by atoms with van der Waals surface area (Å²) in [4.78, 5) is 16.3. The molecule has 6 N–H and O–H groups in total. The van der Waals surface area contributed by atoms with Crippen LogP contribution in [0.4, 0.5) is 0 Å². The van der Waals surface area contributed by atoms with Crippen LogP contribution in [-0.4, -0.2) is 47.4 Å². The van der Waals surface area contributed by atoms with Gasteiger partial charge in [-0.1, -0.05) is 32.1 Å². The first kappa shape index (κ1) is 23.6. The number of hydrogen-bond donors (Lipinski definition) is 4. The third-order valence-electron chi connectivity index (χ3n) is 10.3. The maximum Gasteiger partial charge on any atom is 0.237 e.